The first-order chi connectivity index (χ1) is 8.02. The van der Waals surface area contributed by atoms with Gasteiger partial charge in [-0.05, 0) is 18.3 Å². The Balaban J connectivity index is 2.09. The number of rotatable bonds is 2. The fourth-order valence-corrected chi connectivity index (χ4v) is 3.00. The molecule has 2 fully saturated rings. The number of hydrogen-bond donors (Lipinski definition) is 1. The summed E-state index contributed by atoms with van der Waals surface area (Å²) in [5, 5.41) is 8.66. The second kappa shape index (κ2) is 4.47. The Bertz CT molecular complexity index is 338. The number of piperidine rings is 1. The summed E-state index contributed by atoms with van der Waals surface area (Å²) < 4.78 is 0. The van der Waals surface area contributed by atoms with E-state index in [1.807, 2.05) is 0 Å². The van der Waals surface area contributed by atoms with Crippen LogP contribution < -0.4 is 0 Å². The van der Waals surface area contributed by atoms with Crippen molar-refractivity contribution in [2.75, 3.05) is 6.54 Å². The highest BCUT2D eigenvalue weighted by Gasteiger charge is 2.44. The second-order valence-electron chi connectivity index (χ2n) is 5.18. The normalized spacial score (nSPS) is 24.1. The summed E-state index contributed by atoms with van der Waals surface area (Å²) in [5.41, 5.74) is -0.165. The first-order valence-corrected chi connectivity index (χ1v) is 6.07. The van der Waals surface area contributed by atoms with Gasteiger partial charge in [-0.1, -0.05) is 19.3 Å². The minimum Gasteiger partial charge on any atom is -0.480 e. The molecule has 17 heavy (non-hydrogen) atoms. The minimum absolute atomic E-state index is 0.165. The van der Waals surface area contributed by atoms with E-state index in [9.17, 15) is 14.4 Å². The number of carbonyl (C=O) groups is 3. The molecule has 5 nitrogen and oxygen atoms in total. The first kappa shape index (κ1) is 12.1. The Morgan fingerprint density at radius 3 is 2.12 bits per heavy atom. The van der Waals surface area contributed by atoms with Gasteiger partial charge in [-0.3, -0.25) is 19.3 Å². The topological polar surface area (TPSA) is 74.7 Å². The fraction of sp³-hybridized carbons (Fsp3) is 0.750. The van der Waals surface area contributed by atoms with Crippen LogP contribution in [0.15, 0.2) is 0 Å². The lowest BCUT2D eigenvalue weighted by Gasteiger charge is -2.41. The number of aliphatic carboxylic acids is 1. The van der Waals surface area contributed by atoms with Gasteiger partial charge in [0.2, 0.25) is 11.8 Å². The number of carboxylic acids is 1. The van der Waals surface area contributed by atoms with Crippen molar-refractivity contribution in [1.29, 1.82) is 0 Å². The summed E-state index contributed by atoms with van der Waals surface area (Å²) >= 11 is 0. The summed E-state index contributed by atoms with van der Waals surface area (Å²) in [6, 6.07) is 0. The van der Waals surface area contributed by atoms with Crippen molar-refractivity contribution in [1.82, 2.24) is 4.90 Å². The van der Waals surface area contributed by atoms with E-state index in [-0.39, 0.29) is 17.2 Å². The maximum absolute atomic E-state index is 11.9. The zero-order valence-electron chi connectivity index (χ0n) is 9.78. The number of nitrogens with zero attached hydrogens (tertiary/aromatic N) is 1. The molecule has 1 saturated carbocycles. The highest BCUT2D eigenvalue weighted by atomic mass is 16.4. The number of carbonyl (C=O) groups excluding carboxylic acids is 2. The smallest absolute Gasteiger partial charge is 0.323 e. The molecule has 0 aromatic rings. The monoisotopic (exact) mass is 239 g/mol. The van der Waals surface area contributed by atoms with Gasteiger partial charge in [0.25, 0.3) is 0 Å². The average Bonchev–Trinajstić information content (AvgIpc) is 2.24. The van der Waals surface area contributed by atoms with E-state index < -0.39 is 12.5 Å². The third kappa shape index (κ3) is 2.48. The Labute approximate surface area is 99.8 Å². The molecule has 0 bridgehead atoms. The van der Waals surface area contributed by atoms with Gasteiger partial charge in [-0.2, -0.15) is 0 Å². The van der Waals surface area contributed by atoms with Crippen LogP contribution in [0.2, 0.25) is 0 Å². The van der Waals surface area contributed by atoms with Crippen molar-refractivity contribution >= 4 is 17.8 Å². The van der Waals surface area contributed by atoms with Gasteiger partial charge >= 0.3 is 5.97 Å². The van der Waals surface area contributed by atoms with Gasteiger partial charge in [-0.15, -0.1) is 0 Å². The summed E-state index contributed by atoms with van der Waals surface area (Å²) in [6.07, 6.45) is 5.83. The van der Waals surface area contributed by atoms with Gasteiger partial charge in [0, 0.05) is 12.8 Å². The summed E-state index contributed by atoms with van der Waals surface area (Å²) in [5.74, 6) is -1.76. The van der Waals surface area contributed by atoms with Gasteiger partial charge in [0.1, 0.15) is 6.54 Å². The van der Waals surface area contributed by atoms with Crippen LogP contribution in [0.3, 0.4) is 0 Å². The van der Waals surface area contributed by atoms with Crippen LogP contribution in [0.4, 0.5) is 0 Å². The molecule has 0 atom stereocenters. The first-order valence-electron chi connectivity index (χ1n) is 6.07. The third-order valence-electron chi connectivity index (χ3n) is 3.86. The van der Waals surface area contributed by atoms with Crippen LogP contribution in [0.5, 0.6) is 0 Å². The zero-order valence-corrected chi connectivity index (χ0v) is 9.78. The van der Waals surface area contributed by atoms with Crippen molar-refractivity contribution in [2.24, 2.45) is 5.41 Å². The quantitative estimate of drug-likeness (QED) is 0.734. The molecule has 2 rings (SSSR count). The van der Waals surface area contributed by atoms with Gasteiger partial charge < -0.3 is 5.11 Å². The molecule has 2 aliphatic rings. The van der Waals surface area contributed by atoms with E-state index in [4.69, 9.17) is 5.11 Å². The van der Waals surface area contributed by atoms with Gasteiger partial charge in [0.15, 0.2) is 0 Å². The van der Waals surface area contributed by atoms with Crippen molar-refractivity contribution < 1.29 is 19.5 Å². The van der Waals surface area contributed by atoms with E-state index >= 15 is 0 Å². The second-order valence-corrected chi connectivity index (χ2v) is 5.18. The highest BCUT2D eigenvalue weighted by molar-refractivity contribution is 6.00. The molecule has 0 unspecified atom stereocenters. The lowest BCUT2D eigenvalue weighted by atomic mass is 9.67. The number of carboxylic acid groups (broad SMARTS) is 1. The lowest BCUT2D eigenvalue weighted by molar-refractivity contribution is -0.160. The third-order valence-corrected chi connectivity index (χ3v) is 3.86. The Morgan fingerprint density at radius 2 is 1.65 bits per heavy atom. The van der Waals surface area contributed by atoms with Gasteiger partial charge in [-0.25, -0.2) is 0 Å². The molecule has 1 N–H and O–H groups in total. The summed E-state index contributed by atoms with van der Waals surface area (Å²) in [7, 11) is 0. The lowest BCUT2D eigenvalue weighted by Crippen LogP contribution is -2.50. The summed E-state index contributed by atoms with van der Waals surface area (Å²) in [4.78, 5) is 35.2. The van der Waals surface area contributed by atoms with Crippen molar-refractivity contribution in [3.8, 4) is 0 Å². The SMILES string of the molecule is O=C(O)CN1C(=O)CC2(CCCCC2)CC1=O. The Morgan fingerprint density at radius 1 is 1.12 bits per heavy atom. The number of hydrogen-bond acceptors (Lipinski definition) is 3. The van der Waals surface area contributed by atoms with Crippen LogP contribution in [0.25, 0.3) is 0 Å². The fourth-order valence-electron chi connectivity index (χ4n) is 3.00. The standard InChI is InChI=1S/C12H17NO4/c14-9-6-12(4-2-1-3-5-12)7-10(15)13(9)8-11(16)17/h1-8H2,(H,16,17). The molecule has 2 amide bonds. The molecular weight excluding hydrogens is 222 g/mol. The van der Waals surface area contributed by atoms with Crippen molar-refractivity contribution in [2.45, 2.75) is 44.9 Å². The predicted octanol–water partition coefficient (Wildman–Crippen LogP) is 1.17. The Hall–Kier alpha value is -1.39. The molecular formula is C12H17NO4. The molecule has 0 aromatic heterocycles. The highest BCUT2D eigenvalue weighted by Crippen LogP contribution is 2.45. The van der Waals surface area contributed by atoms with Gasteiger partial charge in [0.05, 0.1) is 0 Å². The molecule has 1 spiro atoms. The average molecular weight is 239 g/mol. The molecule has 1 saturated heterocycles. The predicted molar refractivity (Wildman–Crippen MR) is 59.1 cm³/mol. The van der Waals surface area contributed by atoms with E-state index in [1.165, 1.54) is 6.42 Å². The van der Waals surface area contributed by atoms with Crippen molar-refractivity contribution in [3.05, 3.63) is 0 Å². The van der Waals surface area contributed by atoms with Crippen LogP contribution in [-0.4, -0.2) is 34.3 Å². The van der Waals surface area contributed by atoms with E-state index in [1.54, 1.807) is 0 Å². The van der Waals surface area contributed by atoms with Crippen LogP contribution in [0.1, 0.15) is 44.9 Å². The molecule has 1 aliphatic heterocycles. The number of imide groups is 1. The molecule has 1 aliphatic carbocycles. The number of amides is 2. The maximum atomic E-state index is 11.9. The van der Waals surface area contributed by atoms with E-state index in [0.29, 0.717) is 12.8 Å². The zero-order chi connectivity index (χ0) is 12.5. The van der Waals surface area contributed by atoms with E-state index in [0.717, 1.165) is 30.6 Å². The molecule has 0 radical (unpaired) electrons. The van der Waals surface area contributed by atoms with Crippen LogP contribution >= 0.6 is 0 Å². The van der Waals surface area contributed by atoms with Crippen LogP contribution in [0, 0.1) is 5.41 Å². The van der Waals surface area contributed by atoms with E-state index in [2.05, 4.69) is 0 Å². The maximum Gasteiger partial charge on any atom is 0.323 e. The van der Waals surface area contributed by atoms with Crippen LogP contribution in [-0.2, 0) is 14.4 Å². The largest absolute Gasteiger partial charge is 0.480 e. The molecule has 94 valence electrons. The summed E-state index contributed by atoms with van der Waals surface area (Å²) in [6.45, 7) is -0.492. The molecule has 0 aromatic carbocycles. The molecule has 1 heterocycles. The van der Waals surface area contributed by atoms with Crippen molar-refractivity contribution in [3.63, 3.8) is 0 Å². The number of likely N-dealkylation sites (tertiary alicyclic amines) is 1. The minimum atomic E-state index is -1.13. The Kier molecular flexibility index (Phi) is 3.17. The molecule has 5 heteroatoms.